The van der Waals surface area contributed by atoms with Crippen LogP contribution in [-0.2, 0) is 19.1 Å². The van der Waals surface area contributed by atoms with Gasteiger partial charge < -0.3 is 19.9 Å². The fourth-order valence-electron chi connectivity index (χ4n) is 1.11. The lowest BCUT2D eigenvalue weighted by atomic mass is 10.2. The van der Waals surface area contributed by atoms with E-state index in [2.05, 4.69) is 5.32 Å². The molecule has 0 rings (SSSR count). The predicted octanol–water partition coefficient (Wildman–Crippen LogP) is 0.0189. The monoisotopic (exact) mass is 233 g/mol. The summed E-state index contributed by atoms with van der Waals surface area (Å²) in [5, 5.41) is 11.0. The Hall–Kier alpha value is -1.14. The van der Waals surface area contributed by atoms with Gasteiger partial charge in [-0.15, -0.1) is 0 Å². The zero-order valence-electron chi connectivity index (χ0n) is 9.69. The summed E-state index contributed by atoms with van der Waals surface area (Å²) >= 11 is 0. The van der Waals surface area contributed by atoms with Gasteiger partial charge in [-0.25, -0.2) is 0 Å². The van der Waals surface area contributed by atoms with Crippen LogP contribution in [0.3, 0.4) is 0 Å². The number of hydrogen-bond donors (Lipinski definition) is 2. The number of carboxylic acid groups (broad SMARTS) is 1. The van der Waals surface area contributed by atoms with E-state index in [4.69, 9.17) is 14.6 Å². The van der Waals surface area contributed by atoms with Crippen molar-refractivity contribution in [1.29, 1.82) is 0 Å². The molecule has 1 unspecified atom stereocenters. The molecule has 0 bridgehead atoms. The molecule has 0 saturated heterocycles. The first-order chi connectivity index (χ1) is 7.60. The number of hydrogen-bond acceptors (Lipinski definition) is 4. The van der Waals surface area contributed by atoms with E-state index >= 15 is 0 Å². The average molecular weight is 233 g/mol. The van der Waals surface area contributed by atoms with Gasteiger partial charge in [0.05, 0.1) is 12.7 Å². The van der Waals surface area contributed by atoms with Crippen LogP contribution in [0.4, 0.5) is 0 Å². The van der Waals surface area contributed by atoms with Gasteiger partial charge in [-0.05, 0) is 6.42 Å². The topological polar surface area (TPSA) is 84.9 Å². The second-order valence-corrected chi connectivity index (χ2v) is 3.36. The second-order valence-electron chi connectivity index (χ2n) is 3.36. The molecule has 0 fully saturated rings. The van der Waals surface area contributed by atoms with Crippen molar-refractivity contribution in [3.8, 4) is 0 Å². The molecular weight excluding hydrogens is 214 g/mol. The molecule has 0 aliphatic heterocycles. The number of ether oxygens (including phenoxy) is 2. The lowest BCUT2D eigenvalue weighted by Crippen LogP contribution is -2.35. The molecule has 0 heterocycles. The van der Waals surface area contributed by atoms with Crippen LogP contribution in [-0.4, -0.2) is 50.5 Å². The van der Waals surface area contributed by atoms with Crippen LogP contribution >= 0.6 is 0 Å². The SMILES string of the molecule is COCC(CNC(=O)CCCC(=O)O)OC. The number of carbonyl (C=O) groups excluding carboxylic acids is 1. The lowest BCUT2D eigenvalue weighted by molar-refractivity contribution is -0.137. The lowest BCUT2D eigenvalue weighted by Gasteiger charge is -2.14. The molecule has 0 aromatic rings. The van der Waals surface area contributed by atoms with E-state index in [-0.39, 0.29) is 24.9 Å². The van der Waals surface area contributed by atoms with Crippen molar-refractivity contribution in [2.24, 2.45) is 0 Å². The van der Waals surface area contributed by atoms with Crippen LogP contribution < -0.4 is 5.32 Å². The van der Waals surface area contributed by atoms with E-state index < -0.39 is 5.97 Å². The Kier molecular flexibility index (Phi) is 8.46. The van der Waals surface area contributed by atoms with Gasteiger partial charge >= 0.3 is 5.97 Å². The van der Waals surface area contributed by atoms with Crippen LogP contribution in [0.25, 0.3) is 0 Å². The molecule has 6 nitrogen and oxygen atoms in total. The normalized spacial score (nSPS) is 12.1. The highest BCUT2D eigenvalue weighted by Crippen LogP contribution is 1.95. The van der Waals surface area contributed by atoms with E-state index in [1.165, 1.54) is 0 Å². The van der Waals surface area contributed by atoms with E-state index in [1.54, 1.807) is 14.2 Å². The van der Waals surface area contributed by atoms with Crippen LogP contribution in [0.15, 0.2) is 0 Å². The zero-order chi connectivity index (χ0) is 12.4. The van der Waals surface area contributed by atoms with Gasteiger partial charge in [0, 0.05) is 33.6 Å². The summed E-state index contributed by atoms with van der Waals surface area (Å²) in [4.78, 5) is 21.5. The van der Waals surface area contributed by atoms with Crippen LogP contribution in [0.5, 0.6) is 0 Å². The zero-order valence-corrected chi connectivity index (χ0v) is 9.69. The Bertz CT molecular complexity index is 219. The molecule has 0 aliphatic carbocycles. The maximum absolute atomic E-state index is 11.2. The number of amides is 1. The highest BCUT2D eigenvalue weighted by molar-refractivity contribution is 5.76. The van der Waals surface area contributed by atoms with Gasteiger partial charge in [-0.1, -0.05) is 0 Å². The quantitative estimate of drug-likeness (QED) is 0.586. The van der Waals surface area contributed by atoms with Gasteiger partial charge in [-0.2, -0.15) is 0 Å². The van der Waals surface area contributed by atoms with Crippen LogP contribution in [0.2, 0.25) is 0 Å². The third-order valence-electron chi connectivity index (χ3n) is 2.01. The number of aliphatic carboxylic acids is 1. The number of carboxylic acids is 1. The molecular formula is C10H19NO5. The van der Waals surface area contributed by atoms with Crippen molar-refractivity contribution in [3.05, 3.63) is 0 Å². The molecule has 1 amide bonds. The molecule has 0 aliphatic rings. The average Bonchev–Trinajstić information content (AvgIpc) is 2.23. The summed E-state index contributed by atoms with van der Waals surface area (Å²) < 4.78 is 9.94. The summed E-state index contributed by atoms with van der Waals surface area (Å²) in [7, 11) is 3.10. The minimum Gasteiger partial charge on any atom is -0.481 e. The maximum Gasteiger partial charge on any atom is 0.303 e. The molecule has 0 radical (unpaired) electrons. The molecule has 0 spiro atoms. The highest BCUT2D eigenvalue weighted by Gasteiger charge is 2.09. The number of nitrogens with one attached hydrogen (secondary N) is 1. The molecule has 6 heteroatoms. The Morgan fingerprint density at radius 2 is 2.00 bits per heavy atom. The molecule has 0 aromatic carbocycles. The van der Waals surface area contributed by atoms with Crippen molar-refractivity contribution >= 4 is 11.9 Å². The first-order valence-electron chi connectivity index (χ1n) is 5.10. The van der Waals surface area contributed by atoms with Gasteiger partial charge in [0.1, 0.15) is 0 Å². The summed E-state index contributed by atoms with van der Waals surface area (Å²) in [5.74, 6) is -1.05. The van der Waals surface area contributed by atoms with Crippen molar-refractivity contribution in [1.82, 2.24) is 5.32 Å². The van der Waals surface area contributed by atoms with Crippen LogP contribution in [0, 0.1) is 0 Å². The third-order valence-corrected chi connectivity index (χ3v) is 2.01. The second kappa shape index (κ2) is 9.11. The standard InChI is InChI=1S/C10H19NO5/c1-15-7-8(16-2)6-11-9(12)4-3-5-10(13)14/h8H,3-7H2,1-2H3,(H,11,12)(H,13,14). The molecule has 94 valence electrons. The van der Waals surface area contributed by atoms with Crippen LogP contribution in [0.1, 0.15) is 19.3 Å². The van der Waals surface area contributed by atoms with Gasteiger partial charge in [-0.3, -0.25) is 9.59 Å². The number of methoxy groups -OCH3 is 2. The first kappa shape index (κ1) is 14.9. The Balaban J connectivity index is 3.58. The van der Waals surface area contributed by atoms with Crippen molar-refractivity contribution < 1.29 is 24.2 Å². The minimum absolute atomic E-state index is 0.0131. The fraction of sp³-hybridized carbons (Fsp3) is 0.800. The third kappa shape index (κ3) is 8.19. The fourth-order valence-corrected chi connectivity index (χ4v) is 1.11. The van der Waals surface area contributed by atoms with E-state index in [9.17, 15) is 9.59 Å². The Labute approximate surface area is 94.9 Å². The predicted molar refractivity (Wildman–Crippen MR) is 57.2 cm³/mol. The van der Waals surface area contributed by atoms with Crippen molar-refractivity contribution in [3.63, 3.8) is 0 Å². The summed E-state index contributed by atoms with van der Waals surface area (Å²) in [6, 6.07) is 0. The summed E-state index contributed by atoms with van der Waals surface area (Å²) in [6.07, 6.45) is 0.409. The van der Waals surface area contributed by atoms with E-state index in [0.717, 1.165) is 0 Å². The first-order valence-corrected chi connectivity index (χ1v) is 5.10. The number of rotatable bonds is 9. The van der Waals surface area contributed by atoms with E-state index in [0.29, 0.717) is 19.6 Å². The number of carbonyl (C=O) groups is 2. The Morgan fingerprint density at radius 3 is 2.50 bits per heavy atom. The minimum atomic E-state index is -0.887. The molecule has 1 atom stereocenters. The smallest absolute Gasteiger partial charge is 0.303 e. The summed E-state index contributed by atoms with van der Waals surface area (Å²) in [6.45, 7) is 0.780. The largest absolute Gasteiger partial charge is 0.481 e. The van der Waals surface area contributed by atoms with Gasteiger partial charge in [0.25, 0.3) is 0 Å². The van der Waals surface area contributed by atoms with Gasteiger partial charge in [0.15, 0.2) is 0 Å². The Morgan fingerprint density at radius 1 is 1.31 bits per heavy atom. The van der Waals surface area contributed by atoms with Crippen molar-refractivity contribution in [2.75, 3.05) is 27.4 Å². The molecule has 0 saturated carbocycles. The van der Waals surface area contributed by atoms with Gasteiger partial charge in [0.2, 0.25) is 5.91 Å². The van der Waals surface area contributed by atoms with E-state index in [1.807, 2.05) is 0 Å². The molecule has 16 heavy (non-hydrogen) atoms. The highest BCUT2D eigenvalue weighted by atomic mass is 16.5. The summed E-state index contributed by atoms with van der Waals surface area (Å²) in [5.41, 5.74) is 0. The van der Waals surface area contributed by atoms with Crippen molar-refractivity contribution in [2.45, 2.75) is 25.4 Å². The molecule has 2 N–H and O–H groups in total. The maximum atomic E-state index is 11.2. The molecule has 0 aromatic heterocycles.